The Morgan fingerprint density at radius 2 is 2.11 bits per heavy atom. The molecule has 0 aromatic rings. The summed E-state index contributed by atoms with van der Waals surface area (Å²) in [5, 5.41) is 0. The molecule has 0 aromatic heterocycles. The van der Waals surface area contributed by atoms with Gasteiger partial charge in [0.05, 0.1) is 6.10 Å². The van der Waals surface area contributed by atoms with Gasteiger partial charge in [-0.3, -0.25) is 9.69 Å². The van der Waals surface area contributed by atoms with Crippen LogP contribution in [0.3, 0.4) is 0 Å². The summed E-state index contributed by atoms with van der Waals surface area (Å²) in [6.45, 7) is 4.59. The molecular weight excluding hydrogens is 230 g/mol. The largest absolute Gasteiger partial charge is 0.380 e. The maximum atomic E-state index is 11.6. The van der Waals surface area contributed by atoms with E-state index in [-0.39, 0.29) is 17.9 Å². The lowest BCUT2D eigenvalue weighted by Crippen LogP contribution is -2.62. The predicted molar refractivity (Wildman–Crippen MR) is 69.9 cm³/mol. The van der Waals surface area contributed by atoms with Gasteiger partial charge in [-0.05, 0) is 37.6 Å². The molecule has 1 heterocycles. The Balaban J connectivity index is 1.97. The van der Waals surface area contributed by atoms with Crippen molar-refractivity contribution in [2.24, 2.45) is 23.3 Å². The quantitative estimate of drug-likeness (QED) is 0.721. The molecule has 5 nitrogen and oxygen atoms in total. The number of carbonyl (C=O) groups is 1. The molecule has 0 bridgehead atoms. The number of carbonyl (C=O) groups excluding carboxylic acids is 1. The molecule has 1 saturated heterocycles. The van der Waals surface area contributed by atoms with Crippen molar-refractivity contribution in [2.45, 2.75) is 37.8 Å². The Hall–Kier alpha value is -0.650. The Morgan fingerprint density at radius 1 is 1.44 bits per heavy atom. The predicted octanol–water partition coefficient (Wildman–Crippen LogP) is -0.0640. The minimum Gasteiger partial charge on any atom is -0.380 e. The number of rotatable bonds is 5. The van der Waals surface area contributed by atoms with Crippen LogP contribution in [0.5, 0.6) is 0 Å². The lowest BCUT2D eigenvalue weighted by atomic mass is 9.90. The Bertz CT molecular complexity index is 319. The van der Waals surface area contributed by atoms with E-state index >= 15 is 0 Å². The van der Waals surface area contributed by atoms with Crippen LogP contribution in [0.15, 0.2) is 0 Å². The molecule has 0 spiro atoms. The van der Waals surface area contributed by atoms with Crippen LogP contribution >= 0.6 is 0 Å². The van der Waals surface area contributed by atoms with Gasteiger partial charge in [-0.25, -0.2) is 0 Å². The zero-order valence-corrected chi connectivity index (χ0v) is 11.4. The van der Waals surface area contributed by atoms with Gasteiger partial charge in [0.2, 0.25) is 5.91 Å². The van der Waals surface area contributed by atoms with Gasteiger partial charge in [0.25, 0.3) is 0 Å². The van der Waals surface area contributed by atoms with Crippen LogP contribution < -0.4 is 11.5 Å². The molecule has 0 radical (unpaired) electrons. The number of nitrogens with zero attached hydrogens (tertiary/aromatic N) is 1. The SMILES string of the molecule is COC1CN(CC(N)(C(N)=O)C2CC2)CCC1C. The van der Waals surface area contributed by atoms with Gasteiger partial charge in [0.1, 0.15) is 5.54 Å². The second-order valence-corrected chi connectivity index (χ2v) is 5.95. The molecule has 1 amide bonds. The minimum absolute atomic E-state index is 0.232. The van der Waals surface area contributed by atoms with Crippen LogP contribution in [0.1, 0.15) is 26.2 Å². The van der Waals surface area contributed by atoms with Crippen molar-refractivity contribution in [1.29, 1.82) is 0 Å². The lowest BCUT2D eigenvalue weighted by molar-refractivity contribution is -0.125. The molecule has 4 N–H and O–H groups in total. The van der Waals surface area contributed by atoms with Gasteiger partial charge >= 0.3 is 0 Å². The van der Waals surface area contributed by atoms with E-state index in [1.54, 1.807) is 7.11 Å². The third kappa shape index (κ3) is 2.68. The monoisotopic (exact) mass is 255 g/mol. The number of amides is 1. The summed E-state index contributed by atoms with van der Waals surface area (Å²) in [6, 6.07) is 0. The molecule has 5 heteroatoms. The van der Waals surface area contributed by atoms with Crippen molar-refractivity contribution in [3.8, 4) is 0 Å². The van der Waals surface area contributed by atoms with E-state index < -0.39 is 5.54 Å². The zero-order chi connectivity index (χ0) is 13.3. The van der Waals surface area contributed by atoms with Gasteiger partial charge in [0, 0.05) is 20.2 Å². The molecule has 104 valence electrons. The first kappa shape index (κ1) is 13.8. The number of methoxy groups -OCH3 is 1. The second kappa shape index (κ2) is 5.15. The highest BCUT2D eigenvalue weighted by atomic mass is 16.5. The number of piperidine rings is 1. The van der Waals surface area contributed by atoms with E-state index in [1.807, 2.05) is 0 Å². The fourth-order valence-electron chi connectivity index (χ4n) is 2.92. The van der Waals surface area contributed by atoms with E-state index in [0.29, 0.717) is 12.5 Å². The van der Waals surface area contributed by atoms with Crippen LogP contribution in [-0.4, -0.2) is 49.2 Å². The average molecular weight is 255 g/mol. The van der Waals surface area contributed by atoms with Gasteiger partial charge < -0.3 is 16.2 Å². The molecule has 2 fully saturated rings. The highest BCUT2D eigenvalue weighted by molar-refractivity contribution is 5.85. The molecule has 0 aromatic carbocycles. The van der Waals surface area contributed by atoms with Crippen molar-refractivity contribution >= 4 is 5.91 Å². The van der Waals surface area contributed by atoms with Crippen LogP contribution in [0.4, 0.5) is 0 Å². The Kier molecular flexibility index (Phi) is 3.94. The number of primary amides is 1. The Labute approximate surface area is 109 Å². The lowest BCUT2D eigenvalue weighted by Gasteiger charge is -2.40. The first-order valence-electron chi connectivity index (χ1n) is 6.81. The molecule has 3 atom stereocenters. The number of nitrogens with two attached hydrogens (primary N) is 2. The van der Waals surface area contributed by atoms with E-state index in [2.05, 4.69) is 11.8 Å². The van der Waals surface area contributed by atoms with E-state index in [4.69, 9.17) is 16.2 Å². The third-order valence-electron chi connectivity index (χ3n) is 4.53. The van der Waals surface area contributed by atoms with Crippen molar-refractivity contribution in [3.63, 3.8) is 0 Å². The summed E-state index contributed by atoms with van der Waals surface area (Å²) >= 11 is 0. The highest BCUT2D eigenvalue weighted by Gasteiger charge is 2.48. The minimum atomic E-state index is -0.848. The second-order valence-electron chi connectivity index (χ2n) is 5.95. The van der Waals surface area contributed by atoms with Gasteiger partial charge in [-0.1, -0.05) is 6.92 Å². The maximum absolute atomic E-state index is 11.6. The topological polar surface area (TPSA) is 81.6 Å². The smallest absolute Gasteiger partial charge is 0.239 e. The molecule has 1 aliphatic heterocycles. The molecule has 1 saturated carbocycles. The summed E-state index contributed by atoms with van der Waals surface area (Å²) in [6.07, 6.45) is 3.36. The first-order chi connectivity index (χ1) is 8.47. The summed E-state index contributed by atoms with van der Waals surface area (Å²) in [5.41, 5.74) is 10.9. The summed E-state index contributed by atoms with van der Waals surface area (Å²) in [4.78, 5) is 13.9. The average Bonchev–Trinajstić information content (AvgIpc) is 3.15. The number of likely N-dealkylation sites (tertiary alicyclic amines) is 1. The molecule has 18 heavy (non-hydrogen) atoms. The molecule has 1 aliphatic carbocycles. The van der Waals surface area contributed by atoms with Crippen LogP contribution in [0.2, 0.25) is 0 Å². The third-order valence-corrected chi connectivity index (χ3v) is 4.53. The molecule has 2 rings (SSSR count). The number of hydrogen-bond donors (Lipinski definition) is 2. The zero-order valence-electron chi connectivity index (χ0n) is 11.4. The summed E-state index contributed by atoms with van der Waals surface area (Å²) in [7, 11) is 1.75. The summed E-state index contributed by atoms with van der Waals surface area (Å²) < 4.78 is 5.49. The Morgan fingerprint density at radius 3 is 2.61 bits per heavy atom. The van der Waals surface area contributed by atoms with Crippen molar-refractivity contribution < 1.29 is 9.53 Å². The van der Waals surface area contributed by atoms with Crippen molar-refractivity contribution in [3.05, 3.63) is 0 Å². The molecular formula is C13H25N3O2. The van der Waals surface area contributed by atoms with Crippen LogP contribution in [0, 0.1) is 11.8 Å². The van der Waals surface area contributed by atoms with E-state index in [1.165, 1.54) is 0 Å². The van der Waals surface area contributed by atoms with Crippen molar-refractivity contribution in [2.75, 3.05) is 26.7 Å². The number of ether oxygens (including phenoxy) is 1. The van der Waals surface area contributed by atoms with Gasteiger partial charge in [-0.2, -0.15) is 0 Å². The van der Waals surface area contributed by atoms with Crippen LogP contribution in [0.25, 0.3) is 0 Å². The maximum Gasteiger partial charge on any atom is 0.239 e. The normalized spacial score (nSPS) is 33.1. The fourth-order valence-corrected chi connectivity index (χ4v) is 2.92. The van der Waals surface area contributed by atoms with Crippen LogP contribution in [-0.2, 0) is 9.53 Å². The highest BCUT2D eigenvalue weighted by Crippen LogP contribution is 2.39. The summed E-state index contributed by atoms with van der Waals surface area (Å²) in [5.74, 6) is 0.473. The fraction of sp³-hybridized carbons (Fsp3) is 0.923. The van der Waals surface area contributed by atoms with Gasteiger partial charge in [0.15, 0.2) is 0 Å². The molecule has 3 unspecified atom stereocenters. The number of hydrogen-bond acceptors (Lipinski definition) is 4. The molecule has 2 aliphatic rings. The standard InChI is InChI=1S/C13H25N3O2/c1-9-5-6-16(7-11(9)18-2)8-13(15,12(14)17)10-3-4-10/h9-11H,3-8,15H2,1-2H3,(H2,14,17). The van der Waals surface area contributed by atoms with Gasteiger partial charge in [-0.15, -0.1) is 0 Å². The first-order valence-corrected chi connectivity index (χ1v) is 6.81. The van der Waals surface area contributed by atoms with E-state index in [9.17, 15) is 4.79 Å². The van der Waals surface area contributed by atoms with Crippen molar-refractivity contribution in [1.82, 2.24) is 4.90 Å². The van der Waals surface area contributed by atoms with E-state index in [0.717, 1.165) is 32.4 Å².